The molecule has 5 rings (SSSR count). The zero-order valence-electron chi connectivity index (χ0n) is 19.4. The minimum Gasteiger partial charge on any atom is -0.378 e. The Bertz CT molecular complexity index is 1420. The van der Waals surface area contributed by atoms with E-state index in [1.807, 2.05) is 42.2 Å². The minimum atomic E-state index is -0.223. The van der Waals surface area contributed by atoms with E-state index in [0.29, 0.717) is 48.9 Å². The second-order valence-electron chi connectivity index (χ2n) is 8.52. The summed E-state index contributed by atoms with van der Waals surface area (Å²) in [6, 6.07) is 25.1. The number of fused-ring (bicyclic) bond motifs is 1. The Balaban J connectivity index is 1.51. The Hall–Kier alpha value is -4.28. The molecule has 1 amide bonds. The standard InChI is InChI=1S/C28H25N5O2/c1-19(23-11-5-8-21-7-2-3-10-24(21)23)30-28(34)25-17-26(22-9-4-6-20(16-22)18-29)31-32-27(25)33-12-14-35-15-13-33/h2-11,16-17,19H,12-15H2,1H3,(H,30,34)/t19-/m0/s1. The summed E-state index contributed by atoms with van der Waals surface area (Å²) in [5, 5.41) is 23.5. The van der Waals surface area contributed by atoms with E-state index in [0.717, 1.165) is 21.9 Å². The number of rotatable bonds is 5. The zero-order chi connectivity index (χ0) is 24.2. The molecule has 1 N–H and O–H groups in total. The minimum absolute atomic E-state index is 0.218. The van der Waals surface area contributed by atoms with E-state index in [4.69, 9.17) is 4.74 Å². The second-order valence-corrected chi connectivity index (χ2v) is 8.52. The first kappa shape index (κ1) is 22.5. The van der Waals surface area contributed by atoms with Crippen molar-refractivity contribution in [3.8, 4) is 17.3 Å². The third kappa shape index (κ3) is 4.70. The number of morpholine rings is 1. The van der Waals surface area contributed by atoms with E-state index in [-0.39, 0.29) is 11.9 Å². The lowest BCUT2D eigenvalue weighted by Crippen LogP contribution is -2.39. The summed E-state index contributed by atoms with van der Waals surface area (Å²) >= 11 is 0. The van der Waals surface area contributed by atoms with Gasteiger partial charge in [-0.2, -0.15) is 5.26 Å². The summed E-state index contributed by atoms with van der Waals surface area (Å²) in [4.78, 5) is 15.7. The van der Waals surface area contributed by atoms with Crippen LogP contribution in [-0.4, -0.2) is 42.4 Å². The van der Waals surface area contributed by atoms with Gasteiger partial charge in [-0.05, 0) is 41.5 Å². The number of amides is 1. The number of anilines is 1. The van der Waals surface area contributed by atoms with Crippen LogP contribution in [0, 0.1) is 11.3 Å². The monoisotopic (exact) mass is 463 g/mol. The van der Waals surface area contributed by atoms with Gasteiger partial charge in [0, 0.05) is 18.7 Å². The lowest BCUT2D eigenvalue weighted by Gasteiger charge is -2.29. The molecule has 4 aromatic rings. The second kappa shape index (κ2) is 9.92. The fraction of sp³-hybridized carbons (Fsp3) is 0.214. The topological polar surface area (TPSA) is 91.1 Å². The third-order valence-corrected chi connectivity index (χ3v) is 6.25. The van der Waals surface area contributed by atoms with Crippen LogP contribution in [0.4, 0.5) is 5.82 Å². The number of nitrogens with zero attached hydrogens (tertiary/aromatic N) is 4. The number of hydrogen-bond acceptors (Lipinski definition) is 6. The van der Waals surface area contributed by atoms with Gasteiger partial charge < -0.3 is 15.0 Å². The van der Waals surface area contributed by atoms with Crippen molar-refractivity contribution in [2.45, 2.75) is 13.0 Å². The van der Waals surface area contributed by atoms with Crippen molar-refractivity contribution in [3.05, 3.63) is 89.5 Å². The van der Waals surface area contributed by atoms with Gasteiger partial charge in [-0.25, -0.2) is 0 Å². The third-order valence-electron chi connectivity index (χ3n) is 6.25. The highest BCUT2D eigenvalue weighted by Crippen LogP contribution is 2.27. The molecule has 0 aliphatic carbocycles. The van der Waals surface area contributed by atoms with Gasteiger partial charge in [-0.3, -0.25) is 4.79 Å². The molecule has 1 saturated heterocycles. The zero-order valence-corrected chi connectivity index (χ0v) is 19.4. The number of ether oxygens (including phenoxy) is 1. The molecule has 0 unspecified atom stereocenters. The maximum absolute atomic E-state index is 13.6. The molecule has 3 aromatic carbocycles. The van der Waals surface area contributed by atoms with Gasteiger partial charge in [-0.15, -0.1) is 10.2 Å². The quantitative estimate of drug-likeness (QED) is 0.469. The maximum Gasteiger partial charge on any atom is 0.255 e. The number of hydrogen-bond donors (Lipinski definition) is 1. The SMILES string of the molecule is C[C@H](NC(=O)c1cc(-c2cccc(C#N)c2)nnc1N1CCOCC1)c1cccc2ccccc12. The Labute approximate surface area is 204 Å². The summed E-state index contributed by atoms with van der Waals surface area (Å²) < 4.78 is 5.48. The molecule has 1 atom stereocenters. The maximum atomic E-state index is 13.6. The smallest absolute Gasteiger partial charge is 0.255 e. The molecule has 174 valence electrons. The molecule has 7 heteroatoms. The van der Waals surface area contributed by atoms with E-state index in [1.165, 1.54) is 0 Å². The van der Waals surface area contributed by atoms with Crippen LogP contribution in [0.2, 0.25) is 0 Å². The molecule has 1 aromatic heterocycles. The van der Waals surface area contributed by atoms with Gasteiger partial charge in [-0.1, -0.05) is 54.6 Å². The van der Waals surface area contributed by atoms with Crippen LogP contribution < -0.4 is 10.2 Å². The van der Waals surface area contributed by atoms with Crippen LogP contribution in [0.25, 0.3) is 22.0 Å². The lowest BCUT2D eigenvalue weighted by atomic mass is 9.99. The number of aromatic nitrogens is 2. The van der Waals surface area contributed by atoms with E-state index < -0.39 is 0 Å². The van der Waals surface area contributed by atoms with Crippen LogP contribution in [0.15, 0.2) is 72.8 Å². The van der Waals surface area contributed by atoms with E-state index in [9.17, 15) is 10.1 Å². The van der Waals surface area contributed by atoms with Crippen molar-refractivity contribution in [1.29, 1.82) is 5.26 Å². The van der Waals surface area contributed by atoms with Crippen molar-refractivity contribution in [1.82, 2.24) is 15.5 Å². The fourth-order valence-electron chi connectivity index (χ4n) is 4.43. The van der Waals surface area contributed by atoms with E-state index >= 15 is 0 Å². The number of benzene rings is 3. The summed E-state index contributed by atoms with van der Waals surface area (Å²) in [6.07, 6.45) is 0. The first-order valence-electron chi connectivity index (χ1n) is 11.6. The molecule has 1 fully saturated rings. The van der Waals surface area contributed by atoms with Crippen molar-refractivity contribution in [3.63, 3.8) is 0 Å². The molecule has 2 heterocycles. The van der Waals surface area contributed by atoms with Crippen molar-refractivity contribution < 1.29 is 9.53 Å². The molecule has 7 nitrogen and oxygen atoms in total. The number of carbonyl (C=O) groups excluding carboxylic acids is 1. The fourth-order valence-corrected chi connectivity index (χ4v) is 4.43. The summed E-state index contributed by atoms with van der Waals surface area (Å²) in [5.41, 5.74) is 3.31. The van der Waals surface area contributed by atoms with Gasteiger partial charge in [0.1, 0.15) is 0 Å². The van der Waals surface area contributed by atoms with Crippen LogP contribution in [0.3, 0.4) is 0 Å². The molecule has 1 aliphatic rings. The van der Waals surface area contributed by atoms with Crippen LogP contribution in [0.5, 0.6) is 0 Å². The summed E-state index contributed by atoms with van der Waals surface area (Å²) in [6.45, 7) is 4.40. The van der Waals surface area contributed by atoms with Gasteiger partial charge in [0.15, 0.2) is 5.82 Å². The van der Waals surface area contributed by atoms with Crippen LogP contribution in [0.1, 0.15) is 34.5 Å². The van der Waals surface area contributed by atoms with Crippen molar-refractivity contribution >= 4 is 22.5 Å². The Morgan fingerprint density at radius 1 is 1.03 bits per heavy atom. The Kier molecular flexibility index (Phi) is 6.38. The lowest BCUT2D eigenvalue weighted by molar-refractivity contribution is 0.0938. The molecular formula is C28H25N5O2. The molecule has 1 aliphatic heterocycles. The molecule has 35 heavy (non-hydrogen) atoms. The number of carbonyl (C=O) groups is 1. The normalized spacial score (nSPS) is 14.3. The summed E-state index contributed by atoms with van der Waals surface area (Å²) in [7, 11) is 0. The predicted molar refractivity (Wildman–Crippen MR) is 135 cm³/mol. The van der Waals surface area contributed by atoms with Crippen molar-refractivity contribution in [2.24, 2.45) is 0 Å². The molecule has 0 radical (unpaired) electrons. The summed E-state index contributed by atoms with van der Waals surface area (Å²) in [5.74, 6) is 0.315. The first-order chi connectivity index (χ1) is 17.1. The number of nitrogens with one attached hydrogen (secondary N) is 1. The molecular weight excluding hydrogens is 438 g/mol. The van der Waals surface area contributed by atoms with Gasteiger partial charge in [0.2, 0.25) is 0 Å². The van der Waals surface area contributed by atoms with Crippen LogP contribution >= 0.6 is 0 Å². The van der Waals surface area contributed by atoms with E-state index in [2.05, 4.69) is 39.8 Å². The van der Waals surface area contributed by atoms with E-state index in [1.54, 1.807) is 24.3 Å². The average molecular weight is 464 g/mol. The van der Waals surface area contributed by atoms with Crippen LogP contribution in [-0.2, 0) is 4.74 Å². The molecule has 0 spiro atoms. The van der Waals surface area contributed by atoms with Gasteiger partial charge in [0.25, 0.3) is 5.91 Å². The van der Waals surface area contributed by atoms with Crippen molar-refractivity contribution in [2.75, 3.05) is 31.2 Å². The molecule has 0 bridgehead atoms. The molecule has 0 saturated carbocycles. The number of nitriles is 1. The average Bonchev–Trinajstić information content (AvgIpc) is 2.92. The highest BCUT2D eigenvalue weighted by atomic mass is 16.5. The largest absolute Gasteiger partial charge is 0.378 e. The Morgan fingerprint density at radius 3 is 2.63 bits per heavy atom. The predicted octanol–water partition coefficient (Wildman–Crippen LogP) is 4.50. The highest BCUT2D eigenvalue weighted by Gasteiger charge is 2.24. The van der Waals surface area contributed by atoms with Gasteiger partial charge in [0.05, 0.1) is 42.1 Å². The Morgan fingerprint density at radius 2 is 1.80 bits per heavy atom. The highest BCUT2D eigenvalue weighted by molar-refractivity contribution is 6.00. The first-order valence-corrected chi connectivity index (χ1v) is 11.6. The van der Waals surface area contributed by atoms with Gasteiger partial charge >= 0.3 is 0 Å².